The summed E-state index contributed by atoms with van der Waals surface area (Å²) in [6.45, 7) is 0. The lowest BCUT2D eigenvalue weighted by atomic mass is 9.96. The first-order chi connectivity index (χ1) is 7.27. The summed E-state index contributed by atoms with van der Waals surface area (Å²) >= 11 is 0. The second-order valence-electron chi connectivity index (χ2n) is 3.88. The molecule has 1 saturated carbocycles. The van der Waals surface area contributed by atoms with Gasteiger partial charge in [0.15, 0.2) is 0 Å². The maximum Gasteiger partial charge on any atom is 0.327 e. The molecule has 0 amide bonds. The van der Waals surface area contributed by atoms with E-state index in [9.17, 15) is 4.79 Å². The standard InChI is InChI=1S/C12H15NO2/c13-11(9-5-2-1-3-6-9)12(14)15-10-7-4-8-10/h1-3,5-6,10-11H,4,7-8,13H2. The van der Waals surface area contributed by atoms with E-state index in [2.05, 4.69) is 0 Å². The second kappa shape index (κ2) is 4.45. The molecule has 1 fully saturated rings. The molecule has 0 aliphatic heterocycles. The van der Waals surface area contributed by atoms with E-state index >= 15 is 0 Å². The number of benzene rings is 1. The van der Waals surface area contributed by atoms with E-state index in [-0.39, 0.29) is 12.1 Å². The highest BCUT2D eigenvalue weighted by molar-refractivity contribution is 5.77. The SMILES string of the molecule is NC(C(=O)OC1CCC1)c1ccccc1. The summed E-state index contributed by atoms with van der Waals surface area (Å²) in [5.74, 6) is -0.314. The van der Waals surface area contributed by atoms with Crippen molar-refractivity contribution in [2.45, 2.75) is 31.4 Å². The lowest BCUT2D eigenvalue weighted by molar-refractivity contribution is -0.154. The fourth-order valence-electron chi connectivity index (χ4n) is 1.52. The van der Waals surface area contributed by atoms with E-state index in [0.717, 1.165) is 24.8 Å². The smallest absolute Gasteiger partial charge is 0.327 e. The van der Waals surface area contributed by atoms with Crippen molar-refractivity contribution in [3.05, 3.63) is 35.9 Å². The molecule has 1 aliphatic carbocycles. The van der Waals surface area contributed by atoms with Crippen molar-refractivity contribution in [2.24, 2.45) is 5.73 Å². The Kier molecular flexibility index (Phi) is 3.02. The van der Waals surface area contributed by atoms with Gasteiger partial charge in [-0.1, -0.05) is 30.3 Å². The van der Waals surface area contributed by atoms with Crippen LogP contribution in [0.4, 0.5) is 0 Å². The monoisotopic (exact) mass is 205 g/mol. The number of ether oxygens (including phenoxy) is 1. The van der Waals surface area contributed by atoms with E-state index in [4.69, 9.17) is 10.5 Å². The molecule has 2 rings (SSSR count). The molecule has 1 aliphatic rings. The van der Waals surface area contributed by atoms with Crippen molar-refractivity contribution in [3.8, 4) is 0 Å². The maximum absolute atomic E-state index is 11.6. The average Bonchev–Trinajstić information content (AvgIpc) is 2.23. The lowest BCUT2D eigenvalue weighted by Crippen LogP contribution is -2.31. The topological polar surface area (TPSA) is 52.3 Å². The molecule has 3 nitrogen and oxygen atoms in total. The third kappa shape index (κ3) is 2.36. The third-order valence-electron chi connectivity index (χ3n) is 2.75. The van der Waals surface area contributed by atoms with Crippen LogP contribution in [0.5, 0.6) is 0 Å². The molecule has 80 valence electrons. The zero-order chi connectivity index (χ0) is 10.7. The van der Waals surface area contributed by atoms with Gasteiger partial charge < -0.3 is 10.5 Å². The summed E-state index contributed by atoms with van der Waals surface area (Å²) in [5, 5.41) is 0. The van der Waals surface area contributed by atoms with Crippen molar-refractivity contribution >= 4 is 5.97 Å². The molecule has 0 heterocycles. The molecule has 3 heteroatoms. The molecule has 15 heavy (non-hydrogen) atoms. The Labute approximate surface area is 89.2 Å². The zero-order valence-corrected chi connectivity index (χ0v) is 8.56. The van der Waals surface area contributed by atoms with Crippen LogP contribution < -0.4 is 5.73 Å². The first-order valence-electron chi connectivity index (χ1n) is 5.28. The van der Waals surface area contributed by atoms with E-state index in [0.29, 0.717) is 0 Å². The summed E-state index contributed by atoms with van der Waals surface area (Å²) < 4.78 is 5.24. The average molecular weight is 205 g/mol. The minimum Gasteiger partial charge on any atom is -0.461 e. The molecule has 0 aromatic heterocycles. The Bertz CT molecular complexity index is 333. The molecular weight excluding hydrogens is 190 g/mol. The van der Waals surface area contributed by atoms with Crippen molar-refractivity contribution in [1.82, 2.24) is 0 Å². The van der Waals surface area contributed by atoms with Crippen LogP contribution in [0.25, 0.3) is 0 Å². The van der Waals surface area contributed by atoms with Crippen molar-refractivity contribution in [3.63, 3.8) is 0 Å². The van der Waals surface area contributed by atoms with Crippen molar-refractivity contribution in [2.75, 3.05) is 0 Å². The third-order valence-corrected chi connectivity index (χ3v) is 2.75. The normalized spacial score (nSPS) is 17.9. The molecule has 1 unspecified atom stereocenters. The van der Waals surface area contributed by atoms with E-state index in [1.54, 1.807) is 0 Å². The maximum atomic E-state index is 11.6. The van der Waals surface area contributed by atoms with Gasteiger partial charge in [-0.05, 0) is 24.8 Å². The second-order valence-corrected chi connectivity index (χ2v) is 3.88. The molecule has 0 spiro atoms. The van der Waals surface area contributed by atoms with Gasteiger partial charge in [0.25, 0.3) is 0 Å². The number of rotatable bonds is 3. The number of carbonyl (C=O) groups excluding carboxylic acids is 1. The lowest BCUT2D eigenvalue weighted by Gasteiger charge is -2.26. The zero-order valence-electron chi connectivity index (χ0n) is 8.56. The van der Waals surface area contributed by atoms with Crippen molar-refractivity contribution in [1.29, 1.82) is 0 Å². The molecular formula is C12H15NO2. The minimum absolute atomic E-state index is 0.104. The van der Waals surface area contributed by atoms with Crippen LogP contribution in [0, 0.1) is 0 Å². The Morgan fingerprint density at radius 2 is 2.00 bits per heavy atom. The first-order valence-corrected chi connectivity index (χ1v) is 5.28. The number of nitrogens with two attached hydrogens (primary N) is 1. The summed E-state index contributed by atoms with van der Waals surface area (Å²) in [7, 11) is 0. The van der Waals surface area contributed by atoms with Crippen LogP contribution in [0.3, 0.4) is 0 Å². The van der Waals surface area contributed by atoms with E-state index in [1.807, 2.05) is 30.3 Å². The van der Waals surface area contributed by atoms with Crippen LogP contribution >= 0.6 is 0 Å². The highest BCUT2D eigenvalue weighted by Crippen LogP contribution is 2.23. The van der Waals surface area contributed by atoms with Gasteiger partial charge in [0.2, 0.25) is 0 Å². The van der Waals surface area contributed by atoms with Crippen LogP contribution in [-0.4, -0.2) is 12.1 Å². The molecule has 0 bridgehead atoms. The molecule has 0 radical (unpaired) electrons. The Morgan fingerprint density at radius 1 is 1.33 bits per heavy atom. The van der Waals surface area contributed by atoms with E-state index in [1.165, 1.54) is 0 Å². The van der Waals surface area contributed by atoms with Crippen LogP contribution in [0.1, 0.15) is 30.9 Å². The fraction of sp³-hybridized carbons (Fsp3) is 0.417. The van der Waals surface area contributed by atoms with Gasteiger partial charge in [-0.2, -0.15) is 0 Å². The number of hydrogen-bond acceptors (Lipinski definition) is 3. The summed E-state index contributed by atoms with van der Waals surface area (Å²) in [4.78, 5) is 11.6. The van der Waals surface area contributed by atoms with E-state index < -0.39 is 6.04 Å². The quantitative estimate of drug-likeness (QED) is 0.765. The predicted octanol–water partition coefficient (Wildman–Crippen LogP) is 1.78. The molecule has 1 aromatic carbocycles. The van der Waals surface area contributed by atoms with Crippen LogP contribution in [0.2, 0.25) is 0 Å². The predicted molar refractivity (Wildman–Crippen MR) is 57.1 cm³/mol. The Balaban J connectivity index is 1.94. The van der Waals surface area contributed by atoms with Gasteiger partial charge in [-0.15, -0.1) is 0 Å². The van der Waals surface area contributed by atoms with Gasteiger partial charge in [0.1, 0.15) is 12.1 Å². The summed E-state index contributed by atoms with van der Waals surface area (Å²) in [6, 6.07) is 8.66. The fourth-order valence-corrected chi connectivity index (χ4v) is 1.52. The number of esters is 1. The highest BCUT2D eigenvalue weighted by Gasteiger charge is 2.25. The van der Waals surface area contributed by atoms with Gasteiger partial charge in [-0.3, -0.25) is 0 Å². The number of hydrogen-bond donors (Lipinski definition) is 1. The highest BCUT2D eigenvalue weighted by atomic mass is 16.5. The molecule has 0 saturated heterocycles. The van der Waals surface area contributed by atoms with Gasteiger partial charge in [0.05, 0.1) is 0 Å². The Hall–Kier alpha value is -1.35. The van der Waals surface area contributed by atoms with Gasteiger partial charge in [0, 0.05) is 0 Å². The Morgan fingerprint density at radius 3 is 2.53 bits per heavy atom. The molecule has 1 atom stereocenters. The molecule has 1 aromatic rings. The summed E-state index contributed by atoms with van der Waals surface area (Å²) in [5.41, 5.74) is 6.60. The van der Waals surface area contributed by atoms with Gasteiger partial charge >= 0.3 is 5.97 Å². The number of carbonyl (C=O) groups is 1. The van der Waals surface area contributed by atoms with Crippen LogP contribution in [0.15, 0.2) is 30.3 Å². The van der Waals surface area contributed by atoms with Gasteiger partial charge in [-0.25, -0.2) is 4.79 Å². The minimum atomic E-state index is -0.646. The van der Waals surface area contributed by atoms with Crippen molar-refractivity contribution < 1.29 is 9.53 Å². The first kappa shape index (κ1) is 10.2. The largest absolute Gasteiger partial charge is 0.461 e. The van der Waals surface area contributed by atoms with Crippen LogP contribution in [-0.2, 0) is 9.53 Å². The summed E-state index contributed by atoms with van der Waals surface area (Å²) in [6.07, 6.45) is 3.21. The molecule has 2 N–H and O–H groups in total.